The average molecular weight is 334 g/mol. The summed E-state index contributed by atoms with van der Waals surface area (Å²) in [6.45, 7) is 6.13. The van der Waals surface area contributed by atoms with Gasteiger partial charge in [0.2, 0.25) is 11.9 Å². The fourth-order valence-electron chi connectivity index (χ4n) is 3.33. The number of anilines is 2. The molecule has 0 aromatic carbocycles. The molecule has 24 heavy (non-hydrogen) atoms. The van der Waals surface area contributed by atoms with Crippen LogP contribution in [0.5, 0.6) is 0 Å². The van der Waals surface area contributed by atoms with E-state index in [2.05, 4.69) is 14.9 Å². The highest BCUT2D eigenvalue weighted by atomic mass is 16.5. The summed E-state index contributed by atoms with van der Waals surface area (Å²) in [5.41, 5.74) is 13.7. The van der Waals surface area contributed by atoms with Gasteiger partial charge in [-0.1, -0.05) is 0 Å². The van der Waals surface area contributed by atoms with E-state index in [1.807, 2.05) is 4.90 Å². The Hall–Kier alpha value is -1.93. The van der Waals surface area contributed by atoms with Crippen molar-refractivity contribution in [3.8, 4) is 0 Å². The predicted octanol–water partition coefficient (Wildman–Crippen LogP) is -0.440. The first kappa shape index (κ1) is 16.9. The molecule has 2 aliphatic heterocycles. The summed E-state index contributed by atoms with van der Waals surface area (Å²) < 4.78 is 5.54. The van der Waals surface area contributed by atoms with Crippen LogP contribution in [0, 0.1) is 0 Å². The molecule has 0 bridgehead atoms. The van der Waals surface area contributed by atoms with Gasteiger partial charge in [-0.2, -0.15) is 4.98 Å². The number of ether oxygens (including phenoxy) is 1. The number of hydrogen-bond donors (Lipinski definition) is 2. The molecule has 1 aromatic rings. The number of nitrogens with two attached hydrogens (primary N) is 2. The van der Waals surface area contributed by atoms with Gasteiger partial charge in [-0.15, -0.1) is 0 Å². The number of fused-ring (bicyclic) bond motifs is 1. The number of amides is 1. The first-order chi connectivity index (χ1) is 11.6. The zero-order valence-electron chi connectivity index (χ0n) is 14.2. The summed E-state index contributed by atoms with van der Waals surface area (Å²) in [4.78, 5) is 25.2. The maximum atomic E-state index is 12.2. The van der Waals surface area contributed by atoms with Gasteiger partial charge in [-0.25, -0.2) is 4.98 Å². The molecule has 4 N–H and O–H groups in total. The SMILES string of the molecule is C[C@@H](N)C(=O)N1CCc2nc(N)nc(N3CCCOCC3)c2CC1. The number of rotatable bonds is 2. The smallest absolute Gasteiger partial charge is 0.239 e. The Morgan fingerprint density at radius 3 is 2.75 bits per heavy atom. The Balaban J connectivity index is 1.87. The molecule has 1 saturated heterocycles. The molecule has 0 unspecified atom stereocenters. The topological polar surface area (TPSA) is 111 Å². The van der Waals surface area contributed by atoms with Crippen LogP contribution >= 0.6 is 0 Å². The van der Waals surface area contributed by atoms with Crippen LogP contribution in [0.1, 0.15) is 24.6 Å². The largest absolute Gasteiger partial charge is 0.380 e. The number of aromatic nitrogens is 2. The minimum atomic E-state index is -0.482. The maximum Gasteiger partial charge on any atom is 0.239 e. The number of nitrogens with zero attached hydrogens (tertiary/aromatic N) is 4. The number of nitrogen functional groups attached to an aromatic ring is 1. The minimum absolute atomic E-state index is 0.0199. The van der Waals surface area contributed by atoms with E-state index in [-0.39, 0.29) is 5.91 Å². The molecule has 1 aromatic heterocycles. The molecule has 1 amide bonds. The van der Waals surface area contributed by atoms with Crippen LogP contribution in [-0.4, -0.2) is 66.2 Å². The Morgan fingerprint density at radius 1 is 1.17 bits per heavy atom. The normalized spacial score (nSPS) is 20.1. The third kappa shape index (κ3) is 3.59. The Bertz CT molecular complexity index is 598. The molecule has 132 valence electrons. The van der Waals surface area contributed by atoms with Crippen molar-refractivity contribution >= 4 is 17.7 Å². The molecule has 8 nitrogen and oxygen atoms in total. The van der Waals surface area contributed by atoms with Crippen molar-refractivity contribution in [1.82, 2.24) is 14.9 Å². The first-order valence-corrected chi connectivity index (χ1v) is 8.58. The number of carbonyl (C=O) groups is 1. The summed E-state index contributed by atoms with van der Waals surface area (Å²) in [5.74, 6) is 1.17. The van der Waals surface area contributed by atoms with E-state index in [1.165, 1.54) is 0 Å². The standard InChI is InChI=1S/C16H26N6O2/c1-11(17)15(23)22-6-3-12-13(4-7-22)19-16(18)20-14(12)21-5-2-9-24-10-8-21/h11H,2-10,17H2,1H3,(H2,18,19,20)/t11-/m1/s1. The van der Waals surface area contributed by atoms with Gasteiger partial charge in [0.25, 0.3) is 0 Å². The third-order valence-electron chi connectivity index (χ3n) is 4.56. The maximum absolute atomic E-state index is 12.2. The molecule has 0 radical (unpaired) electrons. The van der Waals surface area contributed by atoms with Crippen molar-refractivity contribution in [1.29, 1.82) is 0 Å². The van der Waals surface area contributed by atoms with Crippen LogP contribution < -0.4 is 16.4 Å². The van der Waals surface area contributed by atoms with Crippen molar-refractivity contribution in [2.75, 3.05) is 50.0 Å². The molecule has 1 atom stereocenters. The van der Waals surface area contributed by atoms with Gasteiger partial charge in [0, 0.05) is 44.8 Å². The van der Waals surface area contributed by atoms with Crippen LogP contribution in [0.15, 0.2) is 0 Å². The van der Waals surface area contributed by atoms with Gasteiger partial charge in [0.15, 0.2) is 0 Å². The highest BCUT2D eigenvalue weighted by Gasteiger charge is 2.26. The molecular formula is C16H26N6O2. The van der Waals surface area contributed by atoms with Gasteiger partial charge in [0.05, 0.1) is 18.3 Å². The van der Waals surface area contributed by atoms with Crippen LogP contribution in [0.4, 0.5) is 11.8 Å². The van der Waals surface area contributed by atoms with E-state index < -0.39 is 6.04 Å². The molecule has 3 rings (SSSR count). The lowest BCUT2D eigenvalue weighted by atomic mass is 10.1. The summed E-state index contributed by atoms with van der Waals surface area (Å²) in [6, 6.07) is -0.482. The first-order valence-electron chi connectivity index (χ1n) is 8.58. The van der Waals surface area contributed by atoms with Crippen LogP contribution in [0.25, 0.3) is 0 Å². The van der Waals surface area contributed by atoms with E-state index in [0.717, 1.165) is 49.6 Å². The van der Waals surface area contributed by atoms with Gasteiger partial charge < -0.3 is 26.0 Å². The molecule has 0 aliphatic carbocycles. The third-order valence-corrected chi connectivity index (χ3v) is 4.56. The number of hydrogen-bond acceptors (Lipinski definition) is 7. The van der Waals surface area contributed by atoms with Crippen molar-refractivity contribution in [2.24, 2.45) is 5.73 Å². The van der Waals surface area contributed by atoms with Crippen molar-refractivity contribution in [3.05, 3.63) is 11.3 Å². The van der Waals surface area contributed by atoms with Crippen molar-refractivity contribution in [3.63, 3.8) is 0 Å². The van der Waals surface area contributed by atoms with Gasteiger partial charge >= 0.3 is 0 Å². The quantitative estimate of drug-likeness (QED) is 0.754. The molecule has 8 heteroatoms. The van der Waals surface area contributed by atoms with Gasteiger partial charge in [-0.05, 0) is 19.8 Å². The van der Waals surface area contributed by atoms with Crippen LogP contribution in [0.2, 0.25) is 0 Å². The monoisotopic (exact) mass is 334 g/mol. The zero-order chi connectivity index (χ0) is 17.1. The van der Waals surface area contributed by atoms with Crippen LogP contribution in [0.3, 0.4) is 0 Å². The Morgan fingerprint density at radius 2 is 1.96 bits per heavy atom. The van der Waals surface area contributed by atoms with E-state index >= 15 is 0 Å². The molecular weight excluding hydrogens is 308 g/mol. The molecule has 0 saturated carbocycles. The van der Waals surface area contributed by atoms with E-state index in [0.29, 0.717) is 32.1 Å². The van der Waals surface area contributed by atoms with Crippen LogP contribution in [-0.2, 0) is 22.4 Å². The minimum Gasteiger partial charge on any atom is -0.380 e. The van der Waals surface area contributed by atoms with Crippen molar-refractivity contribution < 1.29 is 9.53 Å². The second-order valence-electron chi connectivity index (χ2n) is 6.40. The van der Waals surface area contributed by atoms with Crippen molar-refractivity contribution in [2.45, 2.75) is 32.2 Å². The van der Waals surface area contributed by atoms with E-state index in [1.54, 1.807) is 6.92 Å². The lowest BCUT2D eigenvalue weighted by Gasteiger charge is -2.25. The number of carbonyl (C=O) groups excluding carboxylic acids is 1. The highest BCUT2D eigenvalue weighted by molar-refractivity contribution is 5.81. The molecule has 3 heterocycles. The highest BCUT2D eigenvalue weighted by Crippen LogP contribution is 2.26. The van der Waals surface area contributed by atoms with E-state index in [4.69, 9.17) is 16.2 Å². The predicted molar refractivity (Wildman–Crippen MR) is 91.7 cm³/mol. The fourth-order valence-corrected chi connectivity index (χ4v) is 3.33. The van der Waals surface area contributed by atoms with E-state index in [9.17, 15) is 4.79 Å². The summed E-state index contributed by atoms with van der Waals surface area (Å²) in [7, 11) is 0. The Kier molecular flexibility index (Phi) is 5.15. The lowest BCUT2D eigenvalue weighted by Crippen LogP contribution is -2.43. The second kappa shape index (κ2) is 7.31. The van der Waals surface area contributed by atoms with Gasteiger partial charge in [-0.3, -0.25) is 4.79 Å². The zero-order valence-corrected chi connectivity index (χ0v) is 14.2. The van der Waals surface area contributed by atoms with Gasteiger partial charge in [0.1, 0.15) is 5.82 Å². The lowest BCUT2D eigenvalue weighted by molar-refractivity contribution is -0.132. The Labute approximate surface area is 142 Å². The second-order valence-corrected chi connectivity index (χ2v) is 6.40. The molecule has 0 spiro atoms. The summed E-state index contributed by atoms with van der Waals surface area (Å²) in [5, 5.41) is 0. The average Bonchev–Trinajstić information content (AvgIpc) is 2.94. The summed E-state index contributed by atoms with van der Waals surface area (Å²) >= 11 is 0. The molecule has 1 fully saturated rings. The molecule has 2 aliphatic rings. The fraction of sp³-hybridized carbons (Fsp3) is 0.688. The summed E-state index contributed by atoms with van der Waals surface area (Å²) in [6.07, 6.45) is 2.37.